The first-order valence-corrected chi connectivity index (χ1v) is 15.6. The Labute approximate surface area is 239 Å². The SMILES string of the molecule is CCCNC(=O)[C@@H](Cc1ccccc1)N(Cc1ccccc1)C(=O)CCCN(c1ccc(C)c(C)c1)S(C)(=O)=O. The molecule has 0 radical (unpaired) electrons. The third-order valence-electron chi connectivity index (χ3n) is 6.95. The van der Waals surface area contributed by atoms with E-state index in [9.17, 15) is 18.0 Å². The molecule has 214 valence electrons. The Hall–Kier alpha value is -3.65. The van der Waals surface area contributed by atoms with Crippen LogP contribution in [0.15, 0.2) is 78.9 Å². The van der Waals surface area contributed by atoms with Gasteiger partial charge < -0.3 is 10.2 Å². The molecule has 3 aromatic carbocycles. The van der Waals surface area contributed by atoms with E-state index in [1.54, 1.807) is 11.0 Å². The first-order chi connectivity index (χ1) is 19.1. The number of anilines is 1. The van der Waals surface area contributed by atoms with Gasteiger partial charge in [-0.2, -0.15) is 0 Å². The summed E-state index contributed by atoms with van der Waals surface area (Å²) in [6, 6.07) is 24.1. The number of sulfonamides is 1. The number of nitrogens with zero attached hydrogens (tertiary/aromatic N) is 2. The summed E-state index contributed by atoms with van der Waals surface area (Å²) in [6.45, 7) is 6.88. The van der Waals surface area contributed by atoms with E-state index in [0.717, 1.165) is 28.7 Å². The van der Waals surface area contributed by atoms with Crippen molar-refractivity contribution in [3.63, 3.8) is 0 Å². The number of aryl methyl sites for hydroxylation is 2. The second kappa shape index (κ2) is 14.7. The second-order valence-corrected chi connectivity index (χ2v) is 12.1. The average Bonchev–Trinajstić information content (AvgIpc) is 2.93. The highest BCUT2D eigenvalue weighted by Gasteiger charge is 2.30. The Morgan fingerprint density at radius 2 is 1.50 bits per heavy atom. The maximum absolute atomic E-state index is 13.8. The molecule has 0 saturated heterocycles. The van der Waals surface area contributed by atoms with Crippen molar-refractivity contribution in [1.82, 2.24) is 10.2 Å². The van der Waals surface area contributed by atoms with Gasteiger partial charge in [-0.3, -0.25) is 13.9 Å². The largest absolute Gasteiger partial charge is 0.354 e. The molecule has 1 atom stereocenters. The van der Waals surface area contributed by atoms with Gasteiger partial charge in [0.2, 0.25) is 21.8 Å². The van der Waals surface area contributed by atoms with Crippen molar-refractivity contribution in [2.75, 3.05) is 23.7 Å². The molecule has 1 N–H and O–H groups in total. The smallest absolute Gasteiger partial charge is 0.243 e. The summed E-state index contributed by atoms with van der Waals surface area (Å²) < 4.78 is 26.7. The van der Waals surface area contributed by atoms with Gasteiger partial charge in [0.05, 0.1) is 11.9 Å². The normalized spacial score (nSPS) is 12.0. The molecule has 0 spiro atoms. The molecule has 0 aliphatic rings. The fourth-order valence-electron chi connectivity index (χ4n) is 4.58. The number of carbonyl (C=O) groups is 2. The topological polar surface area (TPSA) is 86.8 Å². The van der Waals surface area contributed by atoms with Crippen LogP contribution in [0.5, 0.6) is 0 Å². The van der Waals surface area contributed by atoms with Crippen LogP contribution in [0.3, 0.4) is 0 Å². The molecule has 0 bridgehead atoms. The summed E-state index contributed by atoms with van der Waals surface area (Å²) in [5.74, 6) is -0.382. The molecular weight excluding hydrogens is 522 g/mol. The molecule has 0 saturated carbocycles. The number of hydrogen-bond acceptors (Lipinski definition) is 4. The number of nitrogens with one attached hydrogen (secondary N) is 1. The Morgan fingerprint density at radius 3 is 2.08 bits per heavy atom. The van der Waals surface area contributed by atoms with E-state index >= 15 is 0 Å². The Balaban J connectivity index is 1.85. The third kappa shape index (κ3) is 8.95. The predicted molar refractivity (Wildman–Crippen MR) is 162 cm³/mol. The van der Waals surface area contributed by atoms with Crippen LogP contribution in [0, 0.1) is 13.8 Å². The van der Waals surface area contributed by atoms with Gasteiger partial charge >= 0.3 is 0 Å². The lowest BCUT2D eigenvalue weighted by molar-refractivity contribution is -0.141. The highest BCUT2D eigenvalue weighted by Crippen LogP contribution is 2.23. The summed E-state index contributed by atoms with van der Waals surface area (Å²) in [4.78, 5) is 28.9. The summed E-state index contributed by atoms with van der Waals surface area (Å²) in [6.07, 6.45) is 2.78. The van der Waals surface area contributed by atoms with Crippen molar-refractivity contribution in [3.8, 4) is 0 Å². The van der Waals surface area contributed by atoms with Gasteiger partial charge in [0, 0.05) is 32.5 Å². The van der Waals surface area contributed by atoms with Gasteiger partial charge in [-0.25, -0.2) is 8.42 Å². The Kier molecular flexibility index (Phi) is 11.3. The third-order valence-corrected chi connectivity index (χ3v) is 8.14. The molecule has 0 unspecified atom stereocenters. The maximum atomic E-state index is 13.8. The van der Waals surface area contributed by atoms with Crippen molar-refractivity contribution in [3.05, 3.63) is 101 Å². The highest BCUT2D eigenvalue weighted by atomic mass is 32.2. The zero-order valence-electron chi connectivity index (χ0n) is 24.0. The monoisotopic (exact) mass is 563 g/mol. The number of benzene rings is 3. The lowest BCUT2D eigenvalue weighted by atomic mass is 10.0. The standard InChI is InChI=1S/C32H41N3O4S/c1-5-20-33-32(37)30(23-27-13-8-6-9-14-27)34(24-28-15-10-7-11-16-28)31(36)17-12-21-35(40(4,38)39)29-19-18-25(2)26(3)22-29/h6-11,13-16,18-19,22,30H,5,12,17,20-21,23-24H2,1-4H3,(H,33,37)/t30-/m1/s1. The molecule has 40 heavy (non-hydrogen) atoms. The van der Waals surface area contributed by atoms with Crippen molar-refractivity contribution < 1.29 is 18.0 Å². The van der Waals surface area contributed by atoms with Crippen LogP contribution in [0.25, 0.3) is 0 Å². The first-order valence-electron chi connectivity index (χ1n) is 13.8. The minimum Gasteiger partial charge on any atom is -0.354 e. The van der Waals surface area contributed by atoms with Crippen LogP contribution in [-0.4, -0.2) is 50.5 Å². The van der Waals surface area contributed by atoms with E-state index in [0.29, 0.717) is 25.1 Å². The zero-order chi connectivity index (χ0) is 29.1. The molecule has 0 aliphatic heterocycles. The maximum Gasteiger partial charge on any atom is 0.243 e. The number of rotatable bonds is 14. The molecule has 0 fully saturated rings. The molecule has 0 heterocycles. The molecule has 3 aromatic rings. The first kappa shape index (κ1) is 30.9. The van der Waals surface area contributed by atoms with E-state index in [1.807, 2.05) is 93.6 Å². The number of hydrogen-bond donors (Lipinski definition) is 1. The predicted octanol–water partition coefficient (Wildman–Crippen LogP) is 5.02. The van der Waals surface area contributed by atoms with Gasteiger partial charge in [0.15, 0.2) is 0 Å². The van der Waals surface area contributed by atoms with Gasteiger partial charge in [0.1, 0.15) is 6.04 Å². The molecule has 0 aliphatic carbocycles. The lowest BCUT2D eigenvalue weighted by Crippen LogP contribution is -2.50. The van der Waals surface area contributed by atoms with Crippen LogP contribution >= 0.6 is 0 Å². The molecule has 8 heteroatoms. The average molecular weight is 564 g/mol. The van der Waals surface area contributed by atoms with Gasteiger partial charge in [0.25, 0.3) is 0 Å². The number of carbonyl (C=O) groups excluding carboxylic acids is 2. The second-order valence-electron chi connectivity index (χ2n) is 10.2. The van der Waals surface area contributed by atoms with Crippen molar-refractivity contribution >= 4 is 27.5 Å². The summed E-state index contributed by atoms with van der Waals surface area (Å²) in [7, 11) is -3.55. The van der Waals surface area contributed by atoms with Gasteiger partial charge in [-0.05, 0) is 61.1 Å². The van der Waals surface area contributed by atoms with E-state index < -0.39 is 16.1 Å². The summed E-state index contributed by atoms with van der Waals surface area (Å²) >= 11 is 0. The van der Waals surface area contributed by atoms with Gasteiger partial charge in [-0.1, -0.05) is 73.7 Å². The van der Waals surface area contributed by atoms with E-state index in [4.69, 9.17) is 0 Å². The van der Waals surface area contributed by atoms with Gasteiger partial charge in [-0.15, -0.1) is 0 Å². The number of amides is 2. The van der Waals surface area contributed by atoms with Crippen molar-refractivity contribution in [2.24, 2.45) is 0 Å². The fourth-order valence-corrected chi connectivity index (χ4v) is 5.54. The Morgan fingerprint density at radius 1 is 0.875 bits per heavy atom. The molecule has 2 amide bonds. The van der Waals surface area contributed by atoms with Crippen molar-refractivity contribution in [1.29, 1.82) is 0 Å². The highest BCUT2D eigenvalue weighted by molar-refractivity contribution is 7.92. The lowest BCUT2D eigenvalue weighted by Gasteiger charge is -2.32. The fraction of sp³-hybridized carbons (Fsp3) is 0.375. The van der Waals surface area contributed by atoms with Crippen LogP contribution < -0.4 is 9.62 Å². The van der Waals surface area contributed by atoms with E-state index in [2.05, 4.69) is 5.32 Å². The minimum atomic E-state index is -3.55. The summed E-state index contributed by atoms with van der Waals surface area (Å²) in [5.41, 5.74) is 4.54. The van der Waals surface area contributed by atoms with E-state index in [-0.39, 0.29) is 31.3 Å². The minimum absolute atomic E-state index is 0.107. The molecule has 0 aromatic heterocycles. The van der Waals surface area contributed by atoms with Crippen molar-refractivity contribution in [2.45, 2.75) is 59.0 Å². The molecular formula is C32H41N3O4S. The van der Waals surface area contributed by atoms with Crippen LogP contribution in [-0.2, 0) is 32.6 Å². The molecule has 3 rings (SSSR count). The quantitative estimate of drug-likeness (QED) is 0.299. The van der Waals surface area contributed by atoms with Crippen LogP contribution in [0.4, 0.5) is 5.69 Å². The van der Waals surface area contributed by atoms with Crippen LogP contribution in [0.2, 0.25) is 0 Å². The van der Waals surface area contributed by atoms with Crippen LogP contribution in [0.1, 0.15) is 48.4 Å². The summed E-state index contributed by atoms with van der Waals surface area (Å²) in [5, 5.41) is 2.98. The Bertz CT molecular complexity index is 1360. The molecule has 7 nitrogen and oxygen atoms in total. The van der Waals surface area contributed by atoms with E-state index in [1.165, 1.54) is 10.6 Å². The zero-order valence-corrected chi connectivity index (χ0v) is 24.8.